The molecule has 2 rings (SSSR count). The van der Waals surface area contributed by atoms with Gasteiger partial charge in [-0.3, -0.25) is 4.79 Å². The number of amides is 1. The Kier molecular flexibility index (Phi) is 6.11. The quantitative estimate of drug-likeness (QED) is 0.773. The zero-order valence-corrected chi connectivity index (χ0v) is 14.7. The summed E-state index contributed by atoms with van der Waals surface area (Å²) >= 11 is 1.51. The fraction of sp³-hybridized carbons (Fsp3) is 0.316. The predicted molar refractivity (Wildman–Crippen MR) is 95.9 cm³/mol. The van der Waals surface area contributed by atoms with E-state index in [1.165, 1.54) is 11.8 Å². The van der Waals surface area contributed by atoms with E-state index in [1.54, 1.807) is 7.11 Å². The van der Waals surface area contributed by atoms with E-state index in [-0.39, 0.29) is 11.4 Å². The van der Waals surface area contributed by atoms with E-state index in [4.69, 9.17) is 4.74 Å². The fourth-order valence-electron chi connectivity index (χ4n) is 2.35. The number of benzene rings is 2. The van der Waals surface area contributed by atoms with E-state index >= 15 is 0 Å². The van der Waals surface area contributed by atoms with Gasteiger partial charge in [-0.1, -0.05) is 43.3 Å². The summed E-state index contributed by atoms with van der Waals surface area (Å²) in [6.07, 6.45) is 0.840. The van der Waals surface area contributed by atoms with Crippen LogP contribution in [0.3, 0.4) is 0 Å². The number of thioether (sulfide) groups is 1. The molecule has 2 aromatic rings. The maximum Gasteiger partial charge on any atom is 0.231 e. The van der Waals surface area contributed by atoms with Crippen LogP contribution in [0.25, 0.3) is 0 Å². The average molecular weight is 329 g/mol. The molecule has 1 amide bonds. The van der Waals surface area contributed by atoms with Crippen molar-refractivity contribution in [2.24, 2.45) is 0 Å². The van der Waals surface area contributed by atoms with Crippen molar-refractivity contribution in [3.05, 3.63) is 60.2 Å². The Hall–Kier alpha value is -1.94. The Labute approximate surface area is 142 Å². The minimum Gasteiger partial charge on any atom is -0.497 e. The van der Waals surface area contributed by atoms with Crippen LogP contribution in [0.4, 0.5) is 0 Å². The second-order valence-electron chi connectivity index (χ2n) is 5.57. The summed E-state index contributed by atoms with van der Waals surface area (Å²) in [6, 6.07) is 17.8. The summed E-state index contributed by atoms with van der Waals surface area (Å²) in [6.45, 7) is 4.15. The molecule has 2 aromatic carbocycles. The van der Waals surface area contributed by atoms with E-state index < -0.39 is 0 Å². The zero-order chi connectivity index (χ0) is 16.7. The van der Waals surface area contributed by atoms with Crippen LogP contribution in [0, 0.1) is 0 Å². The molecule has 0 aliphatic rings. The summed E-state index contributed by atoms with van der Waals surface area (Å²) in [4.78, 5) is 13.4. The minimum absolute atomic E-state index is 0.0334. The van der Waals surface area contributed by atoms with E-state index in [2.05, 4.69) is 31.3 Å². The average Bonchev–Trinajstić information content (AvgIpc) is 2.60. The minimum atomic E-state index is -0.340. The lowest BCUT2D eigenvalue weighted by Crippen LogP contribution is -2.43. The van der Waals surface area contributed by atoms with E-state index in [1.807, 2.05) is 42.5 Å². The molecule has 0 aromatic heterocycles. The van der Waals surface area contributed by atoms with Crippen LogP contribution in [0.2, 0.25) is 0 Å². The number of methoxy groups -OCH3 is 1. The standard InChI is InChI=1S/C19H23NO2S/c1-4-19(2,15-9-6-5-7-10-15)20-18(21)14-23-17-12-8-11-16(13-17)22-3/h5-13H,4,14H2,1-3H3,(H,20,21). The van der Waals surface area contributed by atoms with Gasteiger partial charge in [0.15, 0.2) is 0 Å². The van der Waals surface area contributed by atoms with Crippen LogP contribution in [-0.4, -0.2) is 18.8 Å². The molecule has 4 heteroatoms. The lowest BCUT2D eigenvalue weighted by atomic mass is 9.89. The highest BCUT2D eigenvalue weighted by atomic mass is 32.2. The molecule has 0 fully saturated rings. The second kappa shape index (κ2) is 8.06. The van der Waals surface area contributed by atoms with Crippen LogP contribution >= 0.6 is 11.8 Å². The lowest BCUT2D eigenvalue weighted by Gasteiger charge is -2.30. The molecule has 0 heterocycles. The first-order chi connectivity index (χ1) is 11.1. The van der Waals surface area contributed by atoms with E-state index in [0.717, 1.165) is 22.6 Å². The monoisotopic (exact) mass is 329 g/mol. The summed E-state index contributed by atoms with van der Waals surface area (Å²) in [5.74, 6) is 1.22. The van der Waals surface area contributed by atoms with Crippen molar-refractivity contribution in [3.63, 3.8) is 0 Å². The van der Waals surface area contributed by atoms with Crippen molar-refractivity contribution < 1.29 is 9.53 Å². The van der Waals surface area contributed by atoms with Gasteiger partial charge in [0.2, 0.25) is 5.91 Å². The molecule has 0 bridgehead atoms. The van der Waals surface area contributed by atoms with Crippen molar-refractivity contribution in [3.8, 4) is 5.75 Å². The molecule has 1 atom stereocenters. The summed E-state index contributed by atoms with van der Waals surface area (Å²) in [5, 5.41) is 3.17. The van der Waals surface area contributed by atoms with Gasteiger partial charge in [-0.2, -0.15) is 0 Å². The Morgan fingerprint density at radius 2 is 1.91 bits per heavy atom. The van der Waals surface area contributed by atoms with Gasteiger partial charge < -0.3 is 10.1 Å². The second-order valence-corrected chi connectivity index (χ2v) is 6.62. The molecule has 0 aliphatic carbocycles. The molecule has 3 nitrogen and oxygen atoms in total. The van der Waals surface area contributed by atoms with Crippen molar-refractivity contribution in [1.29, 1.82) is 0 Å². The van der Waals surface area contributed by atoms with Crippen molar-refractivity contribution in [1.82, 2.24) is 5.32 Å². The van der Waals surface area contributed by atoms with Gasteiger partial charge in [0.05, 0.1) is 18.4 Å². The highest BCUT2D eigenvalue weighted by Crippen LogP contribution is 2.26. The van der Waals surface area contributed by atoms with E-state index in [0.29, 0.717) is 5.75 Å². The van der Waals surface area contributed by atoms with Crippen molar-refractivity contribution in [2.75, 3.05) is 12.9 Å². The Morgan fingerprint density at radius 1 is 1.17 bits per heavy atom. The highest BCUT2D eigenvalue weighted by Gasteiger charge is 2.26. The number of nitrogens with one attached hydrogen (secondary N) is 1. The first-order valence-corrected chi connectivity index (χ1v) is 8.69. The van der Waals surface area contributed by atoms with Gasteiger partial charge in [-0.05, 0) is 37.1 Å². The molecule has 1 N–H and O–H groups in total. The molecule has 0 radical (unpaired) electrons. The molecule has 0 spiro atoms. The third-order valence-electron chi connectivity index (χ3n) is 3.94. The number of carbonyl (C=O) groups is 1. The molecule has 1 unspecified atom stereocenters. The summed E-state index contributed by atoms with van der Waals surface area (Å²) in [5.41, 5.74) is 0.787. The molecule has 0 saturated carbocycles. The van der Waals surface area contributed by atoms with Gasteiger partial charge in [0, 0.05) is 4.90 Å². The largest absolute Gasteiger partial charge is 0.497 e. The van der Waals surface area contributed by atoms with Crippen molar-refractivity contribution >= 4 is 17.7 Å². The molecular formula is C19H23NO2S. The third kappa shape index (κ3) is 4.76. The summed E-state index contributed by atoms with van der Waals surface area (Å²) < 4.78 is 5.20. The maximum atomic E-state index is 12.4. The molecular weight excluding hydrogens is 306 g/mol. The number of hydrogen-bond donors (Lipinski definition) is 1. The van der Waals surface area contributed by atoms with Gasteiger partial charge in [-0.25, -0.2) is 0 Å². The summed E-state index contributed by atoms with van der Waals surface area (Å²) in [7, 11) is 1.64. The molecule has 0 aliphatic heterocycles. The molecule has 23 heavy (non-hydrogen) atoms. The van der Waals surface area contributed by atoms with Gasteiger partial charge in [-0.15, -0.1) is 11.8 Å². The van der Waals surface area contributed by atoms with Crippen LogP contribution in [0.5, 0.6) is 5.75 Å². The molecule has 0 saturated heterocycles. The first kappa shape index (κ1) is 17.4. The number of carbonyl (C=O) groups excluding carboxylic acids is 1. The number of rotatable bonds is 7. The van der Waals surface area contributed by atoms with Crippen molar-refractivity contribution in [2.45, 2.75) is 30.7 Å². The Morgan fingerprint density at radius 3 is 2.57 bits per heavy atom. The maximum absolute atomic E-state index is 12.4. The normalized spacial score (nSPS) is 13.2. The predicted octanol–water partition coefficient (Wildman–Crippen LogP) is 4.23. The third-order valence-corrected chi connectivity index (χ3v) is 4.94. The zero-order valence-electron chi connectivity index (χ0n) is 13.8. The highest BCUT2D eigenvalue weighted by molar-refractivity contribution is 8.00. The SMILES string of the molecule is CCC(C)(NC(=O)CSc1cccc(OC)c1)c1ccccc1. The van der Waals surface area contributed by atoms with Crippen LogP contribution < -0.4 is 10.1 Å². The lowest BCUT2D eigenvalue weighted by molar-refractivity contribution is -0.120. The number of ether oxygens (including phenoxy) is 1. The number of hydrogen-bond acceptors (Lipinski definition) is 3. The van der Waals surface area contributed by atoms with E-state index in [9.17, 15) is 4.79 Å². The van der Waals surface area contributed by atoms with Crippen LogP contribution in [0.1, 0.15) is 25.8 Å². The van der Waals surface area contributed by atoms with Crippen LogP contribution in [0.15, 0.2) is 59.5 Å². The van der Waals surface area contributed by atoms with Gasteiger partial charge in [0.25, 0.3) is 0 Å². The Balaban J connectivity index is 1.97. The first-order valence-electron chi connectivity index (χ1n) is 7.71. The Bertz CT molecular complexity index is 645. The smallest absolute Gasteiger partial charge is 0.231 e. The van der Waals surface area contributed by atoms with Crippen LogP contribution in [-0.2, 0) is 10.3 Å². The van der Waals surface area contributed by atoms with Gasteiger partial charge in [0.1, 0.15) is 5.75 Å². The topological polar surface area (TPSA) is 38.3 Å². The van der Waals surface area contributed by atoms with Gasteiger partial charge >= 0.3 is 0 Å². The molecule has 122 valence electrons. The fourth-order valence-corrected chi connectivity index (χ4v) is 3.10.